The minimum Gasteiger partial charge on any atom is -0.494 e. The van der Waals surface area contributed by atoms with Gasteiger partial charge >= 0.3 is 0 Å². The fraction of sp³-hybridized carbons (Fsp3) is 0.320. The maximum Gasteiger partial charge on any atom is 0.273 e. The van der Waals surface area contributed by atoms with Gasteiger partial charge in [-0.2, -0.15) is 10.2 Å². The van der Waals surface area contributed by atoms with Gasteiger partial charge in [0.05, 0.1) is 29.9 Å². The summed E-state index contributed by atoms with van der Waals surface area (Å²) in [4.78, 5) is 12.8. The summed E-state index contributed by atoms with van der Waals surface area (Å²) in [6.45, 7) is 2.27. The van der Waals surface area contributed by atoms with Crippen molar-refractivity contribution < 1.29 is 23.1 Å². The zero-order valence-electron chi connectivity index (χ0n) is 24.7. The number of carbonyl (C=O) groups excluding carboxylic acids is 1. The minimum atomic E-state index is -2.79. The number of halogens is 1. The number of anilines is 4. The van der Waals surface area contributed by atoms with Gasteiger partial charge in [0, 0.05) is 54.6 Å². The van der Waals surface area contributed by atoms with Crippen molar-refractivity contribution in [1.29, 1.82) is 0 Å². The van der Waals surface area contributed by atoms with Crippen molar-refractivity contribution >= 4 is 28.9 Å². The molecule has 38 heavy (non-hydrogen) atoms. The molecule has 1 aromatic carbocycles. The molecule has 12 nitrogen and oxygen atoms in total. The molecule has 0 unspecified atom stereocenters. The minimum absolute atomic E-state index is 0.00459. The number of hydrogen-bond donors (Lipinski definition) is 4. The van der Waals surface area contributed by atoms with Gasteiger partial charge in [0.1, 0.15) is 11.4 Å². The molecule has 1 amide bonds. The summed E-state index contributed by atoms with van der Waals surface area (Å²) >= 11 is 0. The number of methoxy groups -OCH3 is 1. The molecule has 0 aliphatic rings. The van der Waals surface area contributed by atoms with Gasteiger partial charge in [-0.3, -0.25) is 14.2 Å². The summed E-state index contributed by atoms with van der Waals surface area (Å²) in [6, 6.07) is 7.15. The van der Waals surface area contributed by atoms with E-state index in [9.17, 15) is 14.3 Å². The molecule has 0 saturated carbocycles. The van der Waals surface area contributed by atoms with E-state index in [2.05, 4.69) is 31.0 Å². The highest BCUT2D eigenvalue weighted by molar-refractivity contribution is 5.99. The highest BCUT2D eigenvalue weighted by Crippen LogP contribution is 2.40. The number of nitrogens with one attached hydrogen (secondary N) is 3. The fourth-order valence-electron chi connectivity index (χ4n) is 3.94. The van der Waals surface area contributed by atoms with Crippen molar-refractivity contribution in [3.05, 3.63) is 53.2 Å². The van der Waals surface area contributed by atoms with Gasteiger partial charge in [0.2, 0.25) is 0 Å². The second-order valence-electron chi connectivity index (χ2n) is 9.12. The highest BCUT2D eigenvalue weighted by atomic mass is 19.1. The van der Waals surface area contributed by atoms with Crippen LogP contribution in [-0.4, -0.2) is 54.9 Å². The van der Waals surface area contributed by atoms with E-state index in [1.54, 1.807) is 44.8 Å². The fourth-order valence-corrected chi connectivity index (χ4v) is 3.94. The van der Waals surface area contributed by atoms with Gasteiger partial charge in [-0.1, -0.05) is 0 Å². The Morgan fingerprint density at radius 1 is 1.05 bits per heavy atom. The summed E-state index contributed by atoms with van der Waals surface area (Å²) in [6.07, 6.45) is 0. The maximum atomic E-state index is 15.0. The van der Waals surface area contributed by atoms with E-state index in [-0.39, 0.29) is 34.2 Å². The topological polar surface area (TPSA) is 144 Å². The largest absolute Gasteiger partial charge is 0.494 e. The van der Waals surface area contributed by atoms with E-state index in [4.69, 9.17) is 8.85 Å². The summed E-state index contributed by atoms with van der Waals surface area (Å²) in [5.74, 6) is -0.896. The first-order valence-corrected chi connectivity index (χ1v) is 11.5. The van der Waals surface area contributed by atoms with Crippen molar-refractivity contribution in [2.45, 2.75) is 26.4 Å². The Bertz CT molecular complexity index is 1590. The van der Waals surface area contributed by atoms with E-state index in [0.717, 1.165) is 11.8 Å². The third kappa shape index (κ3) is 5.27. The third-order valence-corrected chi connectivity index (χ3v) is 5.80. The number of ether oxygens (including phenoxy) is 1. The maximum absolute atomic E-state index is 15.0. The van der Waals surface area contributed by atoms with E-state index in [0.29, 0.717) is 17.2 Å². The molecule has 0 atom stereocenters. The molecule has 3 heterocycles. The van der Waals surface area contributed by atoms with Crippen LogP contribution in [0.4, 0.5) is 27.4 Å². The number of hydrogen-bond acceptors (Lipinski definition) is 9. The molecular weight excluding hydrogens is 493 g/mol. The molecule has 0 spiro atoms. The van der Waals surface area contributed by atoms with E-state index < -0.39 is 24.3 Å². The van der Waals surface area contributed by atoms with Gasteiger partial charge < -0.3 is 25.8 Å². The average Bonchev–Trinajstić information content (AvgIpc) is 3.38. The molecule has 0 saturated heterocycles. The molecule has 0 fully saturated rings. The molecule has 3 aromatic heterocycles. The molecule has 4 rings (SSSR count). The first-order valence-electron chi connectivity index (χ1n) is 13.0. The first-order chi connectivity index (χ1) is 19.1. The number of aromatic nitrogens is 6. The van der Waals surface area contributed by atoms with Crippen LogP contribution in [0.1, 0.15) is 39.8 Å². The number of carbonyl (C=O) groups is 1. The Morgan fingerprint density at radius 3 is 2.42 bits per heavy atom. The van der Waals surface area contributed by atoms with Crippen LogP contribution in [0.5, 0.6) is 5.75 Å². The van der Waals surface area contributed by atoms with E-state index in [1.165, 1.54) is 23.9 Å². The first kappa shape index (κ1) is 22.7. The predicted molar refractivity (Wildman–Crippen MR) is 140 cm³/mol. The molecule has 0 radical (unpaired) electrons. The quantitative estimate of drug-likeness (QED) is 0.272. The van der Waals surface area contributed by atoms with Crippen LogP contribution >= 0.6 is 0 Å². The zero-order valence-corrected chi connectivity index (χ0v) is 21.7. The number of aryl methyl sites for hydroxylation is 3. The molecule has 0 aliphatic heterocycles. The van der Waals surface area contributed by atoms with Crippen molar-refractivity contribution in [3.8, 4) is 17.0 Å². The Kier molecular flexibility index (Phi) is 6.02. The number of aliphatic hydroxyl groups is 1. The number of amides is 1. The molecular formula is C25H30FN9O3. The van der Waals surface area contributed by atoms with Gasteiger partial charge in [0.15, 0.2) is 23.1 Å². The lowest BCUT2D eigenvalue weighted by Crippen LogP contribution is -2.21. The van der Waals surface area contributed by atoms with E-state index >= 15 is 0 Å². The van der Waals surface area contributed by atoms with Gasteiger partial charge in [0.25, 0.3) is 5.91 Å². The average molecular weight is 527 g/mol. The highest BCUT2D eigenvalue weighted by Gasteiger charge is 2.25. The van der Waals surface area contributed by atoms with Crippen LogP contribution in [0.2, 0.25) is 0 Å². The summed E-state index contributed by atoms with van der Waals surface area (Å²) < 4.78 is 45.9. The lowest BCUT2D eigenvalue weighted by atomic mass is 10.0. The second-order valence-corrected chi connectivity index (χ2v) is 9.12. The molecule has 0 aliphatic carbocycles. The second kappa shape index (κ2) is 10.1. The number of rotatable bonds is 8. The van der Waals surface area contributed by atoms with Crippen LogP contribution in [0.15, 0.2) is 30.3 Å². The van der Waals surface area contributed by atoms with Gasteiger partial charge in [-0.15, -0.1) is 10.2 Å². The van der Waals surface area contributed by atoms with Crippen LogP contribution < -0.4 is 20.7 Å². The Balaban J connectivity index is 1.81. The molecule has 4 aromatic rings. The lowest BCUT2D eigenvalue weighted by molar-refractivity contribution is 0.0695. The van der Waals surface area contributed by atoms with Crippen molar-refractivity contribution in [2.75, 3.05) is 24.7 Å². The molecule has 4 N–H and O–H groups in total. The normalized spacial score (nSPS) is 12.9. The Labute approximate surface area is 223 Å². The number of benzene rings is 1. The van der Waals surface area contributed by atoms with Crippen LogP contribution in [0.3, 0.4) is 0 Å². The third-order valence-electron chi connectivity index (χ3n) is 5.80. The molecule has 0 bridgehead atoms. The standard InChI is InChI=1S/C25H30FN9O3/c1-13-8-21(33-34(13)5)29-20-12-17(22(31-30-20)24(36)27-4)28-18-10-14(26)9-15(23(18)38-7)16-11-19(25(2,3)37)35(6)32-16/h8-12,37H,1-7H3,(H,27,36)(H2,28,29,30,33)/i4D3. The van der Waals surface area contributed by atoms with Gasteiger partial charge in [-0.25, -0.2) is 4.39 Å². The summed E-state index contributed by atoms with van der Waals surface area (Å²) in [5, 5.41) is 34.9. The van der Waals surface area contributed by atoms with Crippen LogP contribution in [0, 0.1) is 12.7 Å². The summed E-state index contributed by atoms with van der Waals surface area (Å²) in [5.41, 5.74) is 0.453. The Hall–Kier alpha value is -4.52. The van der Waals surface area contributed by atoms with Crippen LogP contribution in [0.25, 0.3) is 11.3 Å². The number of nitrogens with zero attached hydrogens (tertiary/aromatic N) is 6. The SMILES string of the molecule is [2H]C([2H])([2H])NC(=O)c1nnc(Nc2cc(C)n(C)n2)cc1Nc1cc(F)cc(-c2cc(C(C)(C)O)n(C)n2)c1OC. The van der Waals surface area contributed by atoms with Crippen molar-refractivity contribution in [3.63, 3.8) is 0 Å². The monoisotopic (exact) mass is 526 g/mol. The molecule has 13 heteroatoms. The van der Waals surface area contributed by atoms with Crippen LogP contribution in [-0.2, 0) is 19.7 Å². The predicted octanol–water partition coefficient (Wildman–Crippen LogP) is 3.14. The van der Waals surface area contributed by atoms with Gasteiger partial charge in [-0.05, 0) is 32.9 Å². The Morgan fingerprint density at radius 2 is 1.82 bits per heavy atom. The summed E-state index contributed by atoms with van der Waals surface area (Å²) in [7, 11) is 4.80. The zero-order chi connectivity index (χ0) is 30.3. The lowest BCUT2D eigenvalue weighted by Gasteiger charge is -2.17. The van der Waals surface area contributed by atoms with Crippen molar-refractivity contribution in [1.82, 2.24) is 35.1 Å². The van der Waals surface area contributed by atoms with E-state index in [1.807, 2.05) is 12.2 Å². The van der Waals surface area contributed by atoms with Crippen molar-refractivity contribution in [2.24, 2.45) is 14.1 Å². The molecule has 200 valence electrons. The smallest absolute Gasteiger partial charge is 0.273 e.